The minimum Gasteiger partial charge on any atom is -0.496 e. The molecule has 0 saturated carbocycles. The van der Waals surface area contributed by atoms with E-state index in [2.05, 4.69) is 0 Å². The van der Waals surface area contributed by atoms with Gasteiger partial charge in [0.05, 0.1) is 21.3 Å². The number of hydrogen-bond donors (Lipinski definition) is 0. The first kappa shape index (κ1) is 20.9. The molecule has 144 valence electrons. The fourth-order valence-corrected chi connectivity index (χ4v) is 4.89. The van der Waals surface area contributed by atoms with E-state index in [-0.39, 0.29) is 16.6 Å². The van der Waals surface area contributed by atoms with Gasteiger partial charge in [-0.15, -0.1) is 0 Å². The van der Waals surface area contributed by atoms with Crippen molar-refractivity contribution in [3.63, 3.8) is 0 Å². The smallest absolute Gasteiger partial charge is 0.199 e. The van der Waals surface area contributed by atoms with Crippen LogP contribution in [0.2, 0.25) is 0 Å². The molecular formula is C21H25O5P. The van der Waals surface area contributed by atoms with Crippen molar-refractivity contribution in [3.8, 4) is 17.2 Å². The lowest BCUT2D eigenvalue weighted by Crippen LogP contribution is -2.12. The number of benzene rings is 2. The van der Waals surface area contributed by atoms with Gasteiger partial charge in [-0.25, -0.2) is 0 Å². The first-order valence-corrected chi connectivity index (χ1v) is 10.1. The van der Waals surface area contributed by atoms with E-state index in [1.807, 2.05) is 39.0 Å². The monoisotopic (exact) mass is 388 g/mol. The van der Waals surface area contributed by atoms with E-state index in [1.165, 1.54) is 21.3 Å². The van der Waals surface area contributed by atoms with Gasteiger partial charge in [0.15, 0.2) is 11.0 Å². The van der Waals surface area contributed by atoms with Crippen LogP contribution >= 0.6 is 7.92 Å². The topological polar surface area (TPSA) is 61.8 Å². The average molecular weight is 388 g/mol. The van der Waals surface area contributed by atoms with Gasteiger partial charge in [-0.05, 0) is 31.1 Å². The van der Waals surface area contributed by atoms with Gasteiger partial charge < -0.3 is 14.2 Å². The largest absolute Gasteiger partial charge is 0.496 e. The highest BCUT2D eigenvalue weighted by atomic mass is 31.1. The molecule has 0 aromatic heterocycles. The standard InChI is InChI=1S/C21H25O5P/c1-7-27(20(22)18-13(2)9-8-10-14(18)3)21(23)19-16(25-5)11-15(24-4)12-17(19)26-6/h8-12H,7H2,1-6H3. The molecule has 0 N–H and O–H groups in total. The molecule has 0 bridgehead atoms. The van der Waals surface area contributed by atoms with E-state index in [4.69, 9.17) is 14.2 Å². The highest BCUT2D eigenvalue weighted by Gasteiger charge is 2.32. The minimum atomic E-state index is -1.60. The Morgan fingerprint density at radius 1 is 0.852 bits per heavy atom. The van der Waals surface area contributed by atoms with E-state index in [9.17, 15) is 9.59 Å². The van der Waals surface area contributed by atoms with Gasteiger partial charge >= 0.3 is 0 Å². The van der Waals surface area contributed by atoms with Crippen LogP contribution in [0.15, 0.2) is 30.3 Å². The van der Waals surface area contributed by atoms with Crippen molar-refractivity contribution < 1.29 is 23.8 Å². The molecule has 0 aliphatic heterocycles. The lowest BCUT2D eigenvalue weighted by molar-refractivity contribution is 0.104. The maximum Gasteiger partial charge on any atom is 0.199 e. The molecule has 27 heavy (non-hydrogen) atoms. The molecule has 0 heterocycles. The molecule has 0 radical (unpaired) electrons. The van der Waals surface area contributed by atoms with Gasteiger partial charge in [-0.2, -0.15) is 0 Å². The van der Waals surface area contributed by atoms with Crippen LogP contribution in [-0.4, -0.2) is 38.5 Å². The molecule has 0 amide bonds. The van der Waals surface area contributed by atoms with Crippen molar-refractivity contribution in [2.45, 2.75) is 20.8 Å². The number of carbonyl (C=O) groups excluding carboxylic acids is 2. The van der Waals surface area contributed by atoms with Crippen LogP contribution in [0.25, 0.3) is 0 Å². The van der Waals surface area contributed by atoms with Crippen molar-refractivity contribution in [1.82, 2.24) is 0 Å². The van der Waals surface area contributed by atoms with Crippen molar-refractivity contribution >= 4 is 19.0 Å². The molecule has 1 unspecified atom stereocenters. The van der Waals surface area contributed by atoms with E-state index in [0.717, 1.165) is 11.1 Å². The Labute approximate surface area is 161 Å². The molecule has 0 fully saturated rings. The maximum atomic E-state index is 13.4. The number of aryl methyl sites for hydroxylation is 2. The highest BCUT2D eigenvalue weighted by Crippen LogP contribution is 2.48. The van der Waals surface area contributed by atoms with Gasteiger partial charge in [0.1, 0.15) is 22.8 Å². The van der Waals surface area contributed by atoms with E-state index in [0.29, 0.717) is 29.0 Å². The summed E-state index contributed by atoms with van der Waals surface area (Å²) in [4.78, 5) is 26.6. The van der Waals surface area contributed by atoms with Gasteiger partial charge in [-0.1, -0.05) is 25.1 Å². The molecule has 2 rings (SSSR count). The quantitative estimate of drug-likeness (QED) is 0.607. The molecule has 2 aromatic carbocycles. The lowest BCUT2D eigenvalue weighted by atomic mass is 10.0. The summed E-state index contributed by atoms with van der Waals surface area (Å²) in [6.07, 6.45) is 0.444. The first-order chi connectivity index (χ1) is 12.9. The van der Waals surface area contributed by atoms with Crippen molar-refractivity contribution in [2.75, 3.05) is 27.5 Å². The van der Waals surface area contributed by atoms with Gasteiger partial charge in [0.25, 0.3) is 0 Å². The second kappa shape index (κ2) is 9.01. The number of hydrogen-bond acceptors (Lipinski definition) is 5. The van der Waals surface area contributed by atoms with Crippen LogP contribution < -0.4 is 14.2 Å². The predicted octanol–water partition coefficient (Wildman–Crippen LogP) is 4.81. The maximum absolute atomic E-state index is 13.4. The second-order valence-corrected chi connectivity index (χ2v) is 8.33. The summed E-state index contributed by atoms with van der Waals surface area (Å²) in [5.41, 5.74) is 2.30. The van der Waals surface area contributed by atoms with Crippen LogP contribution in [0.1, 0.15) is 38.8 Å². The van der Waals surface area contributed by atoms with Crippen LogP contribution in [-0.2, 0) is 0 Å². The third kappa shape index (κ3) is 4.14. The minimum absolute atomic E-state index is 0.118. The third-order valence-electron chi connectivity index (χ3n) is 4.43. The van der Waals surface area contributed by atoms with Crippen LogP contribution in [0.3, 0.4) is 0 Å². The van der Waals surface area contributed by atoms with Crippen LogP contribution in [0.4, 0.5) is 0 Å². The van der Waals surface area contributed by atoms with Gasteiger partial charge in [0, 0.05) is 25.6 Å². The molecule has 0 spiro atoms. The zero-order valence-electron chi connectivity index (χ0n) is 16.6. The summed E-state index contributed by atoms with van der Waals surface area (Å²) in [5, 5.41) is 0. The Morgan fingerprint density at radius 2 is 1.33 bits per heavy atom. The summed E-state index contributed by atoms with van der Waals surface area (Å²) in [5.74, 6) is 1.19. The van der Waals surface area contributed by atoms with Crippen molar-refractivity contribution in [3.05, 3.63) is 52.6 Å². The zero-order chi connectivity index (χ0) is 20.1. The molecule has 1 atom stereocenters. The Kier molecular flexibility index (Phi) is 6.98. The fourth-order valence-electron chi connectivity index (χ4n) is 3.02. The van der Waals surface area contributed by atoms with E-state index >= 15 is 0 Å². The Bertz CT molecular complexity index is 814. The third-order valence-corrected chi connectivity index (χ3v) is 6.49. The SMILES string of the molecule is CCP(C(=O)c1c(C)cccc1C)C(=O)c1c(OC)cc(OC)cc1OC. The molecule has 5 nitrogen and oxygen atoms in total. The summed E-state index contributed by atoms with van der Waals surface area (Å²) >= 11 is 0. The average Bonchev–Trinajstić information content (AvgIpc) is 2.66. The molecule has 0 aliphatic carbocycles. The fraction of sp³-hybridized carbons (Fsp3) is 0.333. The molecule has 0 aliphatic rings. The summed E-state index contributed by atoms with van der Waals surface area (Å²) in [6, 6.07) is 8.95. The highest BCUT2D eigenvalue weighted by molar-refractivity contribution is 7.90. The Morgan fingerprint density at radius 3 is 1.74 bits per heavy atom. The second-order valence-electron chi connectivity index (χ2n) is 6.03. The van der Waals surface area contributed by atoms with E-state index < -0.39 is 7.92 Å². The van der Waals surface area contributed by atoms with Gasteiger partial charge in [0.2, 0.25) is 0 Å². The first-order valence-electron chi connectivity index (χ1n) is 8.61. The van der Waals surface area contributed by atoms with Crippen molar-refractivity contribution in [1.29, 1.82) is 0 Å². The predicted molar refractivity (Wildman–Crippen MR) is 108 cm³/mol. The summed E-state index contributed by atoms with van der Waals surface area (Å²) in [6.45, 7) is 5.64. The van der Waals surface area contributed by atoms with Gasteiger partial charge in [-0.3, -0.25) is 9.59 Å². The molecular weight excluding hydrogens is 363 g/mol. The van der Waals surface area contributed by atoms with Crippen LogP contribution in [0, 0.1) is 13.8 Å². The Balaban J connectivity index is 2.56. The number of ether oxygens (including phenoxy) is 3. The van der Waals surface area contributed by atoms with Crippen LogP contribution in [0.5, 0.6) is 17.2 Å². The van der Waals surface area contributed by atoms with E-state index in [1.54, 1.807) is 12.1 Å². The normalized spacial score (nSPS) is 11.6. The molecule has 0 saturated heterocycles. The number of methoxy groups -OCH3 is 3. The molecule has 2 aromatic rings. The zero-order valence-corrected chi connectivity index (χ0v) is 17.5. The summed E-state index contributed by atoms with van der Waals surface area (Å²) < 4.78 is 16.0. The Hall–Kier alpha value is -2.39. The molecule has 6 heteroatoms. The van der Waals surface area contributed by atoms with Crippen molar-refractivity contribution in [2.24, 2.45) is 0 Å². The number of rotatable bonds is 8. The summed E-state index contributed by atoms with van der Waals surface area (Å²) in [7, 11) is 2.88. The lowest BCUT2D eigenvalue weighted by Gasteiger charge is -2.19. The number of carbonyl (C=O) groups is 2.